The SMILES string of the molecule is CON1C(=O)C(C)CC12C=CC(=O)C=C2. The maximum Gasteiger partial charge on any atom is 0.250 e. The van der Waals surface area contributed by atoms with Crippen molar-refractivity contribution in [3.63, 3.8) is 0 Å². The van der Waals surface area contributed by atoms with Gasteiger partial charge in [-0.2, -0.15) is 0 Å². The lowest BCUT2D eigenvalue weighted by atomic mass is 9.89. The third-order valence-electron chi connectivity index (χ3n) is 2.89. The van der Waals surface area contributed by atoms with E-state index in [4.69, 9.17) is 4.84 Å². The van der Waals surface area contributed by atoms with Crippen molar-refractivity contribution in [1.29, 1.82) is 0 Å². The number of allylic oxidation sites excluding steroid dienone is 2. The molecular weight excluding hydrogens is 194 g/mol. The number of ketones is 1. The van der Waals surface area contributed by atoms with Crippen molar-refractivity contribution in [2.75, 3.05) is 7.11 Å². The molecule has 0 aromatic heterocycles. The molecule has 1 amide bonds. The lowest BCUT2D eigenvalue weighted by Crippen LogP contribution is -2.43. The summed E-state index contributed by atoms with van der Waals surface area (Å²) < 4.78 is 0. The maximum absolute atomic E-state index is 11.7. The molecule has 0 N–H and O–H groups in total. The summed E-state index contributed by atoms with van der Waals surface area (Å²) in [4.78, 5) is 27.9. The second-order valence-corrected chi connectivity index (χ2v) is 3.98. The lowest BCUT2D eigenvalue weighted by Gasteiger charge is -2.31. The zero-order chi connectivity index (χ0) is 11.1. The monoisotopic (exact) mass is 207 g/mol. The van der Waals surface area contributed by atoms with E-state index >= 15 is 0 Å². The Kier molecular flexibility index (Phi) is 2.23. The van der Waals surface area contributed by atoms with Crippen LogP contribution in [0, 0.1) is 5.92 Å². The number of hydrogen-bond donors (Lipinski definition) is 0. The van der Waals surface area contributed by atoms with Gasteiger partial charge in [-0.3, -0.25) is 14.4 Å². The Hall–Kier alpha value is -1.42. The molecule has 1 aliphatic carbocycles. The van der Waals surface area contributed by atoms with Crippen molar-refractivity contribution in [3.05, 3.63) is 24.3 Å². The summed E-state index contributed by atoms with van der Waals surface area (Å²) in [6.45, 7) is 1.86. The molecule has 1 heterocycles. The van der Waals surface area contributed by atoms with Crippen LogP contribution in [-0.2, 0) is 14.4 Å². The Morgan fingerprint density at radius 3 is 2.53 bits per heavy atom. The zero-order valence-corrected chi connectivity index (χ0v) is 8.77. The van der Waals surface area contributed by atoms with Gasteiger partial charge >= 0.3 is 0 Å². The summed E-state index contributed by atoms with van der Waals surface area (Å²) in [5.74, 6) is -0.169. The van der Waals surface area contributed by atoms with Crippen molar-refractivity contribution in [2.45, 2.75) is 18.9 Å². The second-order valence-electron chi connectivity index (χ2n) is 3.98. The minimum absolute atomic E-state index is 0.0406. The molecule has 0 saturated carbocycles. The number of nitrogens with zero attached hydrogens (tertiary/aromatic N) is 1. The van der Waals surface area contributed by atoms with Gasteiger partial charge in [-0.05, 0) is 30.7 Å². The largest absolute Gasteiger partial charge is 0.290 e. The van der Waals surface area contributed by atoms with Gasteiger partial charge in [-0.15, -0.1) is 0 Å². The second kappa shape index (κ2) is 3.31. The van der Waals surface area contributed by atoms with Crippen LogP contribution >= 0.6 is 0 Å². The van der Waals surface area contributed by atoms with Crippen molar-refractivity contribution < 1.29 is 14.4 Å². The van der Waals surface area contributed by atoms with Gasteiger partial charge in [0.2, 0.25) is 5.91 Å². The third-order valence-corrected chi connectivity index (χ3v) is 2.89. The van der Waals surface area contributed by atoms with E-state index in [1.165, 1.54) is 24.3 Å². The Labute approximate surface area is 88.1 Å². The van der Waals surface area contributed by atoms with E-state index < -0.39 is 5.54 Å². The highest BCUT2D eigenvalue weighted by Crippen LogP contribution is 2.37. The maximum atomic E-state index is 11.7. The number of hydrogen-bond acceptors (Lipinski definition) is 3. The van der Waals surface area contributed by atoms with Crippen LogP contribution in [0.3, 0.4) is 0 Å². The molecule has 2 aliphatic rings. The fraction of sp³-hybridized carbons (Fsp3) is 0.455. The number of hydroxylamine groups is 2. The smallest absolute Gasteiger partial charge is 0.250 e. The van der Waals surface area contributed by atoms with E-state index in [1.54, 1.807) is 12.2 Å². The first-order valence-corrected chi connectivity index (χ1v) is 4.90. The van der Waals surface area contributed by atoms with Gasteiger partial charge in [-0.25, -0.2) is 5.06 Å². The summed E-state index contributed by atoms with van der Waals surface area (Å²) in [6.07, 6.45) is 7.09. The molecule has 0 aromatic carbocycles. The summed E-state index contributed by atoms with van der Waals surface area (Å²) in [6, 6.07) is 0. The predicted molar refractivity (Wildman–Crippen MR) is 53.7 cm³/mol. The number of carbonyl (C=O) groups is 2. The van der Waals surface area contributed by atoms with Gasteiger partial charge in [0.05, 0.1) is 7.11 Å². The van der Waals surface area contributed by atoms with Crippen LogP contribution in [0.1, 0.15) is 13.3 Å². The molecule has 1 unspecified atom stereocenters. The van der Waals surface area contributed by atoms with Gasteiger partial charge in [0.25, 0.3) is 0 Å². The topological polar surface area (TPSA) is 46.6 Å². The van der Waals surface area contributed by atoms with Crippen LogP contribution in [0.2, 0.25) is 0 Å². The average Bonchev–Trinajstić information content (AvgIpc) is 2.45. The number of amides is 1. The molecule has 0 bridgehead atoms. The highest BCUT2D eigenvalue weighted by Gasteiger charge is 2.47. The molecule has 1 atom stereocenters. The Morgan fingerprint density at radius 1 is 1.40 bits per heavy atom. The van der Waals surface area contributed by atoms with Gasteiger partial charge in [0, 0.05) is 5.92 Å². The van der Waals surface area contributed by atoms with E-state index in [0.717, 1.165) is 0 Å². The van der Waals surface area contributed by atoms with E-state index in [9.17, 15) is 9.59 Å². The summed E-state index contributed by atoms with van der Waals surface area (Å²) in [5.41, 5.74) is -0.556. The van der Waals surface area contributed by atoms with Crippen LogP contribution in [0.4, 0.5) is 0 Å². The molecule has 0 aromatic rings. The summed E-state index contributed by atoms with van der Waals surface area (Å²) in [7, 11) is 1.47. The molecule has 2 rings (SSSR count). The Bertz CT molecular complexity index is 354. The van der Waals surface area contributed by atoms with E-state index in [0.29, 0.717) is 6.42 Å². The summed E-state index contributed by atoms with van der Waals surface area (Å²) in [5, 5.41) is 1.34. The van der Waals surface area contributed by atoms with Crippen LogP contribution < -0.4 is 0 Å². The summed E-state index contributed by atoms with van der Waals surface area (Å²) >= 11 is 0. The first-order chi connectivity index (χ1) is 7.09. The zero-order valence-electron chi connectivity index (χ0n) is 8.77. The average molecular weight is 207 g/mol. The standard InChI is InChI=1S/C11H13NO3/c1-8-7-11(12(15-2)10(8)14)5-3-9(13)4-6-11/h3-6,8H,7H2,1-2H3. The highest BCUT2D eigenvalue weighted by atomic mass is 16.7. The van der Waals surface area contributed by atoms with E-state index in [-0.39, 0.29) is 17.6 Å². The fourth-order valence-corrected chi connectivity index (χ4v) is 2.16. The van der Waals surface area contributed by atoms with Gasteiger partial charge in [0.15, 0.2) is 5.78 Å². The van der Waals surface area contributed by atoms with Crippen molar-refractivity contribution in [2.24, 2.45) is 5.92 Å². The Morgan fingerprint density at radius 2 is 2.00 bits per heavy atom. The molecule has 15 heavy (non-hydrogen) atoms. The normalized spacial score (nSPS) is 28.1. The molecule has 1 saturated heterocycles. The van der Waals surface area contributed by atoms with Crippen LogP contribution in [0.5, 0.6) is 0 Å². The van der Waals surface area contributed by atoms with Crippen molar-refractivity contribution in [3.8, 4) is 0 Å². The first-order valence-electron chi connectivity index (χ1n) is 4.90. The molecular formula is C11H13NO3. The van der Waals surface area contributed by atoms with Gasteiger partial charge < -0.3 is 0 Å². The molecule has 1 aliphatic heterocycles. The molecule has 80 valence electrons. The van der Waals surface area contributed by atoms with E-state index in [1.807, 2.05) is 6.92 Å². The quantitative estimate of drug-likeness (QED) is 0.640. The van der Waals surface area contributed by atoms with Crippen LogP contribution in [0.25, 0.3) is 0 Å². The van der Waals surface area contributed by atoms with E-state index in [2.05, 4.69) is 0 Å². The molecule has 0 radical (unpaired) electrons. The van der Waals surface area contributed by atoms with Crippen molar-refractivity contribution in [1.82, 2.24) is 5.06 Å². The third kappa shape index (κ3) is 1.41. The van der Waals surface area contributed by atoms with Gasteiger partial charge in [-0.1, -0.05) is 6.92 Å². The van der Waals surface area contributed by atoms with Crippen molar-refractivity contribution >= 4 is 11.7 Å². The van der Waals surface area contributed by atoms with Gasteiger partial charge in [0.1, 0.15) is 5.54 Å². The lowest BCUT2D eigenvalue weighted by molar-refractivity contribution is -0.183. The minimum Gasteiger partial charge on any atom is -0.290 e. The minimum atomic E-state index is -0.556. The molecule has 4 heteroatoms. The highest BCUT2D eigenvalue weighted by molar-refractivity contribution is 6.01. The Balaban J connectivity index is 2.37. The molecule has 4 nitrogen and oxygen atoms in total. The molecule has 1 fully saturated rings. The predicted octanol–water partition coefficient (Wildman–Crippen LogP) is 0.850. The van der Waals surface area contributed by atoms with Crippen LogP contribution in [0.15, 0.2) is 24.3 Å². The number of rotatable bonds is 1. The first kappa shape index (κ1) is 10.1. The van der Waals surface area contributed by atoms with Crippen LogP contribution in [-0.4, -0.2) is 29.4 Å². The molecule has 1 spiro atoms. The number of carbonyl (C=O) groups excluding carboxylic acids is 2. The fourth-order valence-electron chi connectivity index (χ4n) is 2.16.